The molecular weight excluding hydrogens is 397 g/mol. The lowest BCUT2D eigenvalue weighted by atomic mass is 9.91. The Balaban J connectivity index is 2.80. The molecule has 0 aromatic heterocycles. The predicted octanol–water partition coefficient (Wildman–Crippen LogP) is 4.00. The Labute approximate surface area is 168 Å². The van der Waals surface area contributed by atoms with E-state index >= 15 is 0 Å². The lowest BCUT2D eigenvalue weighted by Crippen LogP contribution is -2.43. The van der Waals surface area contributed by atoms with E-state index in [2.05, 4.69) is 5.32 Å². The van der Waals surface area contributed by atoms with E-state index in [1.807, 2.05) is 6.26 Å². The van der Waals surface area contributed by atoms with Crippen molar-refractivity contribution < 1.29 is 19.1 Å². The summed E-state index contributed by atoms with van der Waals surface area (Å²) in [6.45, 7) is 4.92. The molecule has 144 valence electrons. The van der Waals surface area contributed by atoms with Gasteiger partial charge in [-0.05, 0) is 36.6 Å². The van der Waals surface area contributed by atoms with Gasteiger partial charge in [-0.25, -0.2) is 4.79 Å². The normalized spacial score (nSPS) is 12.4. The Morgan fingerprint density at radius 3 is 2.42 bits per heavy atom. The van der Waals surface area contributed by atoms with Crippen molar-refractivity contribution in [1.82, 2.24) is 5.32 Å². The third kappa shape index (κ3) is 7.17. The average Bonchev–Trinajstić information content (AvgIpc) is 2.54. The van der Waals surface area contributed by atoms with Crippen LogP contribution in [0.4, 0.5) is 0 Å². The molecule has 0 radical (unpaired) electrons. The second-order valence-corrected chi connectivity index (χ2v) is 8.54. The minimum atomic E-state index is -0.866. The minimum absolute atomic E-state index is 0.190. The molecular formula is C18H23Cl2NO4S. The molecule has 0 spiro atoms. The number of amides is 1. The van der Waals surface area contributed by atoms with Crippen molar-refractivity contribution in [2.24, 2.45) is 5.41 Å². The van der Waals surface area contributed by atoms with Crippen LogP contribution in [-0.2, 0) is 14.3 Å². The Kier molecular flexibility index (Phi) is 8.93. The Morgan fingerprint density at radius 2 is 1.88 bits per heavy atom. The van der Waals surface area contributed by atoms with Gasteiger partial charge in [0.1, 0.15) is 6.04 Å². The Morgan fingerprint density at radius 1 is 1.23 bits per heavy atom. The molecule has 1 amide bonds. The van der Waals surface area contributed by atoms with Crippen molar-refractivity contribution in [3.63, 3.8) is 0 Å². The second-order valence-electron chi connectivity index (χ2n) is 6.71. The van der Waals surface area contributed by atoms with Crippen molar-refractivity contribution in [1.29, 1.82) is 0 Å². The SMILES string of the molecule is CSCC[C@H](NC(=O)c1ccc(Cl)cc1Cl)C(=O)OCC(=O)C(C)(C)C. The fraction of sp³-hybridized carbons (Fsp3) is 0.500. The maximum absolute atomic E-state index is 12.4. The molecule has 26 heavy (non-hydrogen) atoms. The van der Waals surface area contributed by atoms with E-state index in [9.17, 15) is 14.4 Å². The number of carbonyl (C=O) groups excluding carboxylic acids is 3. The number of rotatable bonds is 8. The van der Waals surface area contributed by atoms with Gasteiger partial charge in [-0.2, -0.15) is 11.8 Å². The molecule has 0 aliphatic rings. The lowest BCUT2D eigenvalue weighted by molar-refractivity contribution is -0.151. The number of ether oxygens (including phenoxy) is 1. The molecule has 8 heteroatoms. The maximum atomic E-state index is 12.4. The van der Waals surface area contributed by atoms with Crippen LogP contribution in [0.1, 0.15) is 37.6 Å². The van der Waals surface area contributed by atoms with E-state index in [-0.39, 0.29) is 23.0 Å². The first-order valence-corrected chi connectivity index (χ1v) is 10.2. The average molecular weight is 420 g/mol. The molecule has 0 saturated heterocycles. The predicted molar refractivity (Wildman–Crippen MR) is 106 cm³/mol. The third-order valence-electron chi connectivity index (χ3n) is 3.56. The highest BCUT2D eigenvalue weighted by Gasteiger charge is 2.27. The summed E-state index contributed by atoms with van der Waals surface area (Å²) < 4.78 is 5.11. The van der Waals surface area contributed by atoms with E-state index in [1.54, 1.807) is 26.8 Å². The summed E-state index contributed by atoms with van der Waals surface area (Å²) in [6.07, 6.45) is 2.27. The molecule has 1 rings (SSSR count). The Bertz CT molecular complexity index is 674. The van der Waals surface area contributed by atoms with Gasteiger partial charge in [-0.3, -0.25) is 9.59 Å². The van der Waals surface area contributed by atoms with Gasteiger partial charge in [-0.15, -0.1) is 0 Å². The van der Waals surface area contributed by atoms with E-state index in [0.717, 1.165) is 0 Å². The summed E-state index contributed by atoms with van der Waals surface area (Å²) in [5.74, 6) is -0.699. The van der Waals surface area contributed by atoms with Crippen LogP contribution in [0.25, 0.3) is 0 Å². The number of Topliss-reactive ketones (excluding diaryl/α,β-unsaturated/α-hetero) is 1. The number of esters is 1. The van der Waals surface area contributed by atoms with Gasteiger partial charge >= 0.3 is 5.97 Å². The first-order chi connectivity index (χ1) is 12.1. The summed E-state index contributed by atoms with van der Waals surface area (Å²) in [5.41, 5.74) is -0.390. The van der Waals surface area contributed by atoms with Gasteiger partial charge < -0.3 is 10.1 Å². The number of nitrogens with one attached hydrogen (secondary N) is 1. The molecule has 5 nitrogen and oxygen atoms in total. The molecule has 0 bridgehead atoms. The van der Waals surface area contributed by atoms with Crippen LogP contribution in [0.2, 0.25) is 10.0 Å². The lowest BCUT2D eigenvalue weighted by Gasteiger charge is -2.20. The van der Waals surface area contributed by atoms with Crippen LogP contribution in [0.5, 0.6) is 0 Å². The van der Waals surface area contributed by atoms with Crippen LogP contribution in [0.3, 0.4) is 0 Å². The van der Waals surface area contributed by atoms with E-state index < -0.39 is 23.3 Å². The fourth-order valence-electron chi connectivity index (χ4n) is 1.85. The van der Waals surface area contributed by atoms with Crippen molar-refractivity contribution in [2.45, 2.75) is 33.2 Å². The molecule has 1 N–H and O–H groups in total. The van der Waals surface area contributed by atoms with Crippen LogP contribution in [0, 0.1) is 5.41 Å². The molecule has 0 fully saturated rings. The van der Waals surface area contributed by atoms with E-state index in [1.165, 1.54) is 23.9 Å². The molecule has 1 aromatic rings. The van der Waals surface area contributed by atoms with Gasteiger partial charge in [0, 0.05) is 10.4 Å². The standard InChI is InChI=1S/C18H23Cl2NO4S/c1-18(2,3)15(22)10-25-17(24)14(7-8-26-4)21-16(23)12-6-5-11(19)9-13(12)20/h5-6,9,14H,7-8,10H2,1-4H3,(H,21,23)/t14-/m0/s1. The summed E-state index contributed by atoms with van der Waals surface area (Å²) >= 11 is 13.4. The number of halogens is 2. The smallest absolute Gasteiger partial charge is 0.329 e. The van der Waals surface area contributed by atoms with Crippen molar-refractivity contribution in [2.75, 3.05) is 18.6 Å². The number of carbonyl (C=O) groups is 3. The number of ketones is 1. The van der Waals surface area contributed by atoms with Gasteiger partial charge in [0.2, 0.25) is 0 Å². The topological polar surface area (TPSA) is 72.5 Å². The number of benzene rings is 1. The van der Waals surface area contributed by atoms with Gasteiger partial charge in [-0.1, -0.05) is 44.0 Å². The largest absolute Gasteiger partial charge is 0.456 e. The summed E-state index contributed by atoms with van der Waals surface area (Å²) in [6, 6.07) is 3.61. The maximum Gasteiger partial charge on any atom is 0.329 e. The highest BCUT2D eigenvalue weighted by molar-refractivity contribution is 7.98. The quantitative estimate of drug-likeness (QED) is 0.644. The second kappa shape index (κ2) is 10.2. The zero-order valence-electron chi connectivity index (χ0n) is 15.2. The summed E-state index contributed by atoms with van der Waals surface area (Å²) in [7, 11) is 0. The minimum Gasteiger partial charge on any atom is -0.456 e. The number of thioether (sulfide) groups is 1. The van der Waals surface area contributed by atoms with E-state index in [0.29, 0.717) is 17.2 Å². The first-order valence-electron chi connectivity index (χ1n) is 8.01. The first kappa shape index (κ1) is 22.8. The molecule has 0 aliphatic heterocycles. The third-order valence-corrected chi connectivity index (χ3v) is 4.75. The van der Waals surface area contributed by atoms with Crippen molar-refractivity contribution in [3.05, 3.63) is 33.8 Å². The van der Waals surface area contributed by atoms with Crippen molar-refractivity contribution in [3.8, 4) is 0 Å². The van der Waals surface area contributed by atoms with Crippen molar-refractivity contribution >= 4 is 52.6 Å². The Hall–Kier alpha value is -1.24. The highest BCUT2D eigenvalue weighted by Crippen LogP contribution is 2.21. The molecule has 1 aromatic carbocycles. The molecule has 0 saturated carbocycles. The molecule has 0 heterocycles. The zero-order chi connectivity index (χ0) is 19.9. The van der Waals surface area contributed by atoms with Crippen LogP contribution < -0.4 is 5.32 Å². The molecule has 0 unspecified atom stereocenters. The van der Waals surface area contributed by atoms with Crippen LogP contribution >= 0.6 is 35.0 Å². The summed E-state index contributed by atoms with van der Waals surface area (Å²) in [4.78, 5) is 36.7. The van der Waals surface area contributed by atoms with Crippen LogP contribution in [0.15, 0.2) is 18.2 Å². The monoisotopic (exact) mass is 419 g/mol. The molecule has 0 aliphatic carbocycles. The van der Waals surface area contributed by atoms with Gasteiger partial charge in [0.05, 0.1) is 10.6 Å². The molecule has 1 atom stereocenters. The van der Waals surface area contributed by atoms with Gasteiger partial charge in [0.25, 0.3) is 5.91 Å². The van der Waals surface area contributed by atoms with E-state index in [4.69, 9.17) is 27.9 Å². The zero-order valence-corrected chi connectivity index (χ0v) is 17.6. The highest BCUT2D eigenvalue weighted by atomic mass is 35.5. The van der Waals surface area contributed by atoms with Crippen LogP contribution in [-0.4, -0.2) is 42.3 Å². The van der Waals surface area contributed by atoms with Gasteiger partial charge in [0.15, 0.2) is 12.4 Å². The number of hydrogen-bond acceptors (Lipinski definition) is 5. The fourth-order valence-corrected chi connectivity index (χ4v) is 2.81. The summed E-state index contributed by atoms with van der Waals surface area (Å²) in [5, 5.41) is 3.22. The number of hydrogen-bond donors (Lipinski definition) is 1.